The van der Waals surface area contributed by atoms with Crippen LogP contribution in [0.3, 0.4) is 0 Å². The molecule has 62 heavy (non-hydrogen) atoms. The van der Waals surface area contributed by atoms with Crippen LogP contribution in [0.25, 0.3) is 0 Å². The molecule has 360 valence electrons. The maximum atomic E-state index is 12.8. The summed E-state index contributed by atoms with van der Waals surface area (Å²) in [6, 6.07) is 0. The van der Waals surface area contributed by atoms with Crippen LogP contribution in [-0.2, 0) is 28.6 Å². The molecule has 0 saturated carbocycles. The highest BCUT2D eigenvalue weighted by Gasteiger charge is 2.19. The second-order valence-corrected chi connectivity index (χ2v) is 17.8. The van der Waals surface area contributed by atoms with Gasteiger partial charge in [0.05, 0.1) is 0 Å². The number of hydrogen-bond donors (Lipinski definition) is 0. The fourth-order valence-electron chi connectivity index (χ4n) is 7.57. The van der Waals surface area contributed by atoms with Crippen molar-refractivity contribution in [1.82, 2.24) is 0 Å². The summed E-state index contributed by atoms with van der Waals surface area (Å²) < 4.78 is 16.8. The molecule has 0 aliphatic rings. The second kappa shape index (κ2) is 51.0. The molecule has 0 heterocycles. The van der Waals surface area contributed by atoms with Gasteiger partial charge in [-0.25, -0.2) is 0 Å². The van der Waals surface area contributed by atoms with Gasteiger partial charge in [-0.1, -0.05) is 223 Å². The molecule has 0 bridgehead atoms. The molecule has 6 nitrogen and oxygen atoms in total. The van der Waals surface area contributed by atoms with Crippen LogP contribution in [0.4, 0.5) is 0 Å². The Kier molecular flexibility index (Phi) is 48.8. The van der Waals surface area contributed by atoms with Gasteiger partial charge in [-0.3, -0.25) is 14.4 Å². The highest BCUT2D eigenvalue weighted by atomic mass is 16.6. The zero-order valence-electron chi connectivity index (χ0n) is 41.1. The molecule has 6 heteroatoms. The molecule has 0 fully saturated rings. The van der Waals surface area contributed by atoms with Gasteiger partial charge < -0.3 is 14.2 Å². The van der Waals surface area contributed by atoms with Crippen molar-refractivity contribution in [1.29, 1.82) is 0 Å². The molecule has 0 aromatic heterocycles. The van der Waals surface area contributed by atoms with E-state index in [0.717, 1.165) is 83.5 Å². The number of ether oxygens (including phenoxy) is 3. The predicted molar refractivity (Wildman–Crippen MR) is 265 cm³/mol. The number of unbranched alkanes of at least 4 members (excludes halogenated alkanes) is 29. The highest BCUT2D eigenvalue weighted by Crippen LogP contribution is 2.15. The van der Waals surface area contributed by atoms with Gasteiger partial charge in [0.15, 0.2) is 6.10 Å². The van der Waals surface area contributed by atoms with E-state index < -0.39 is 6.10 Å². The summed E-state index contributed by atoms with van der Waals surface area (Å²) in [5, 5.41) is 0. The third kappa shape index (κ3) is 48.4. The van der Waals surface area contributed by atoms with Crippen molar-refractivity contribution >= 4 is 17.9 Å². The van der Waals surface area contributed by atoms with Gasteiger partial charge in [0.1, 0.15) is 13.2 Å². The Morgan fingerprint density at radius 1 is 0.339 bits per heavy atom. The molecule has 0 N–H and O–H groups in total. The Labute approximate surface area is 384 Å². The Morgan fingerprint density at radius 3 is 1.02 bits per heavy atom. The average Bonchev–Trinajstić information content (AvgIpc) is 3.27. The molecule has 1 unspecified atom stereocenters. The summed E-state index contributed by atoms with van der Waals surface area (Å²) >= 11 is 0. The normalized spacial score (nSPS) is 12.4. The third-order valence-corrected chi connectivity index (χ3v) is 11.6. The fraction of sp³-hybridized carbons (Fsp3) is 0.804. The predicted octanol–water partition coefficient (Wildman–Crippen LogP) is 17.5. The second-order valence-electron chi connectivity index (χ2n) is 17.8. The molecule has 0 radical (unpaired) electrons. The maximum Gasteiger partial charge on any atom is 0.306 e. The lowest BCUT2D eigenvalue weighted by atomic mass is 10.1. The van der Waals surface area contributed by atoms with E-state index in [0.29, 0.717) is 19.3 Å². The minimum atomic E-state index is -0.785. The summed E-state index contributed by atoms with van der Waals surface area (Å²) in [5.41, 5.74) is 0. The lowest BCUT2D eigenvalue weighted by Gasteiger charge is -2.18. The standard InChI is InChI=1S/C56H100O6/c1-4-7-10-13-16-19-22-24-25-26-27-28-29-30-31-33-34-37-40-43-46-49-55(58)61-52-53(51-60-54(57)48-45-42-39-36-21-18-15-12-9-6-3)62-56(59)50-47-44-41-38-35-32-23-20-17-14-11-8-5-2/h8,11,17,20,26-27,32,35,53H,4-7,9-10,12-16,18-19,21-25,28-31,33-34,36-52H2,1-3H3/b11-8-,20-17-,27-26-,35-32-. The van der Waals surface area contributed by atoms with E-state index in [-0.39, 0.29) is 31.1 Å². The first kappa shape index (κ1) is 59.4. The topological polar surface area (TPSA) is 78.9 Å². The van der Waals surface area contributed by atoms with Crippen LogP contribution in [0, 0.1) is 0 Å². The van der Waals surface area contributed by atoms with E-state index in [2.05, 4.69) is 69.4 Å². The van der Waals surface area contributed by atoms with Crippen LogP contribution in [0.5, 0.6) is 0 Å². The van der Waals surface area contributed by atoms with Gasteiger partial charge >= 0.3 is 17.9 Å². The molecular formula is C56H100O6. The number of hydrogen-bond acceptors (Lipinski definition) is 6. The first-order valence-corrected chi connectivity index (χ1v) is 26.6. The van der Waals surface area contributed by atoms with E-state index in [1.165, 1.54) is 148 Å². The molecule has 0 aliphatic carbocycles. The van der Waals surface area contributed by atoms with Crippen LogP contribution in [0.1, 0.15) is 271 Å². The zero-order chi connectivity index (χ0) is 45.1. The molecule has 0 aliphatic heterocycles. The molecule has 0 amide bonds. The number of carbonyl (C=O) groups is 3. The highest BCUT2D eigenvalue weighted by molar-refractivity contribution is 5.71. The lowest BCUT2D eigenvalue weighted by molar-refractivity contribution is -0.167. The van der Waals surface area contributed by atoms with Crippen LogP contribution < -0.4 is 0 Å². The van der Waals surface area contributed by atoms with Crippen molar-refractivity contribution in [2.24, 2.45) is 0 Å². The summed E-state index contributed by atoms with van der Waals surface area (Å²) in [5.74, 6) is -0.909. The summed E-state index contributed by atoms with van der Waals surface area (Å²) in [7, 11) is 0. The maximum absolute atomic E-state index is 12.8. The van der Waals surface area contributed by atoms with Gasteiger partial charge in [0.2, 0.25) is 0 Å². The third-order valence-electron chi connectivity index (χ3n) is 11.6. The zero-order valence-corrected chi connectivity index (χ0v) is 41.1. The van der Waals surface area contributed by atoms with Crippen molar-refractivity contribution in [2.45, 2.75) is 277 Å². The first-order chi connectivity index (χ1) is 30.5. The van der Waals surface area contributed by atoms with E-state index in [9.17, 15) is 14.4 Å². The van der Waals surface area contributed by atoms with Gasteiger partial charge in [-0.05, 0) is 77.0 Å². The number of allylic oxidation sites excluding steroid dienone is 8. The van der Waals surface area contributed by atoms with Crippen molar-refractivity contribution in [2.75, 3.05) is 13.2 Å². The molecule has 0 aromatic carbocycles. The van der Waals surface area contributed by atoms with Crippen LogP contribution in [-0.4, -0.2) is 37.2 Å². The van der Waals surface area contributed by atoms with Crippen molar-refractivity contribution < 1.29 is 28.6 Å². The smallest absolute Gasteiger partial charge is 0.306 e. The van der Waals surface area contributed by atoms with E-state index in [1.807, 2.05) is 0 Å². The van der Waals surface area contributed by atoms with Gasteiger partial charge in [-0.15, -0.1) is 0 Å². The van der Waals surface area contributed by atoms with Crippen LogP contribution in [0.15, 0.2) is 48.6 Å². The molecule has 0 aromatic rings. The van der Waals surface area contributed by atoms with Crippen molar-refractivity contribution in [3.8, 4) is 0 Å². The van der Waals surface area contributed by atoms with Crippen LogP contribution >= 0.6 is 0 Å². The minimum absolute atomic E-state index is 0.0835. The summed E-state index contributed by atoms with van der Waals surface area (Å²) in [4.78, 5) is 37.9. The molecule has 0 saturated heterocycles. The average molecular weight is 869 g/mol. The van der Waals surface area contributed by atoms with Gasteiger partial charge in [-0.2, -0.15) is 0 Å². The number of rotatable bonds is 48. The van der Waals surface area contributed by atoms with Gasteiger partial charge in [0.25, 0.3) is 0 Å². The first-order valence-electron chi connectivity index (χ1n) is 26.6. The van der Waals surface area contributed by atoms with Crippen molar-refractivity contribution in [3.63, 3.8) is 0 Å². The molecule has 0 spiro atoms. The fourth-order valence-corrected chi connectivity index (χ4v) is 7.57. The number of carbonyl (C=O) groups excluding carboxylic acids is 3. The number of esters is 3. The van der Waals surface area contributed by atoms with Crippen molar-refractivity contribution in [3.05, 3.63) is 48.6 Å². The molecule has 1 atom stereocenters. The van der Waals surface area contributed by atoms with E-state index >= 15 is 0 Å². The minimum Gasteiger partial charge on any atom is -0.462 e. The van der Waals surface area contributed by atoms with Gasteiger partial charge in [0, 0.05) is 19.3 Å². The Hall–Kier alpha value is -2.63. The van der Waals surface area contributed by atoms with Crippen LogP contribution in [0.2, 0.25) is 0 Å². The lowest BCUT2D eigenvalue weighted by Crippen LogP contribution is -2.30. The summed E-state index contributed by atoms with van der Waals surface area (Å²) in [6.07, 6.45) is 61.1. The summed E-state index contributed by atoms with van der Waals surface area (Å²) in [6.45, 7) is 6.50. The van der Waals surface area contributed by atoms with E-state index in [1.54, 1.807) is 0 Å². The monoisotopic (exact) mass is 869 g/mol. The largest absolute Gasteiger partial charge is 0.462 e. The molecule has 0 rings (SSSR count). The SMILES string of the molecule is CC/C=C\C/C=C\C/C=C\CCCCCC(=O)OC(COC(=O)CCCCCCCCCCCC)COC(=O)CCCCCCCCCCC/C=C\CCCCCCCCCC. The molecular weight excluding hydrogens is 769 g/mol. The van der Waals surface area contributed by atoms with E-state index in [4.69, 9.17) is 14.2 Å². The Morgan fingerprint density at radius 2 is 0.629 bits per heavy atom. The Balaban J connectivity index is 4.28. The quantitative estimate of drug-likeness (QED) is 0.0262. The Bertz CT molecular complexity index is 1090.